The predicted octanol–water partition coefficient (Wildman–Crippen LogP) is 5.62. The molecular weight excluding hydrogens is 433 g/mol. The number of anilines is 1. The summed E-state index contributed by atoms with van der Waals surface area (Å²) in [5.41, 5.74) is 2.46. The van der Waals surface area contributed by atoms with Gasteiger partial charge in [0.1, 0.15) is 5.75 Å². The number of halogens is 3. The van der Waals surface area contributed by atoms with Crippen LogP contribution in [0.15, 0.2) is 54.7 Å². The summed E-state index contributed by atoms with van der Waals surface area (Å²) >= 11 is 0. The summed E-state index contributed by atoms with van der Waals surface area (Å²) < 4.78 is 52.5. The molecule has 2 aromatic carbocycles. The van der Waals surface area contributed by atoms with Crippen molar-refractivity contribution in [3.8, 4) is 11.6 Å². The van der Waals surface area contributed by atoms with Crippen LogP contribution >= 0.6 is 0 Å². The zero-order valence-corrected chi connectivity index (χ0v) is 18.1. The molecule has 0 unspecified atom stereocenters. The molecule has 0 atom stereocenters. The lowest BCUT2D eigenvalue weighted by Gasteiger charge is -2.32. The number of rotatable bonds is 7. The number of pyridine rings is 1. The third-order valence-electron chi connectivity index (χ3n) is 5.62. The van der Waals surface area contributed by atoms with Gasteiger partial charge >= 0.3 is 5.97 Å². The Morgan fingerprint density at radius 1 is 1.15 bits per heavy atom. The highest BCUT2D eigenvalue weighted by Crippen LogP contribution is 2.37. The van der Waals surface area contributed by atoms with Crippen molar-refractivity contribution in [2.45, 2.75) is 32.2 Å². The molecule has 1 aromatic heterocycles. The highest BCUT2D eigenvalue weighted by atomic mass is 19.3. The molecule has 0 fully saturated rings. The number of carbonyl (C=O) groups excluding carboxylic acids is 1. The number of alkyl halides is 2. The molecule has 0 saturated heterocycles. The van der Waals surface area contributed by atoms with E-state index < -0.39 is 17.8 Å². The van der Waals surface area contributed by atoms with Crippen molar-refractivity contribution in [2.24, 2.45) is 0 Å². The van der Waals surface area contributed by atoms with Crippen molar-refractivity contribution in [1.29, 1.82) is 0 Å². The SMILES string of the molecule is COC(=O)CCc1ccc2c(c1)CCN(c1cc(Oc3ccccn3)cc(C(F)F)c1F)C2. The average molecular weight is 456 g/mol. The van der Waals surface area contributed by atoms with Crippen LogP contribution in [0.2, 0.25) is 0 Å². The van der Waals surface area contributed by atoms with E-state index in [1.54, 1.807) is 23.1 Å². The number of hydrogen-bond acceptors (Lipinski definition) is 5. The Kier molecular flexibility index (Phi) is 6.82. The Labute approximate surface area is 189 Å². The first-order chi connectivity index (χ1) is 15.9. The van der Waals surface area contributed by atoms with Gasteiger partial charge in [-0.2, -0.15) is 0 Å². The molecule has 5 nitrogen and oxygen atoms in total. The van der Waals surface area contributed by atoms with Crippen molar-refractivity contribution in [2.75, 3.05) is 18.6 Å². The summed E-state index contributed by atoms with van der Waals surface area (Å²) in [5.74, 6) is -0.878. The Hall–Kier alpha value is -3.55. The molecule has 8 heteroatoms. The minimum Gasteiger partial charge on any atom is -0.469 e. The normalized spacial score (nSPS) is 13.1. The van der Waals surface area contributed by atoms with Crippen molar-refractivity contribution in [3.05, 3.63) is 82.8 Å². The molecule has 0 aliphatic carbocycles. The number of aromatic nitrogens is 1. The summed E-state index contributed by atoms with van der Waals surface area (Å²) in [7, 11) is 1.36. The molecule has 0 radical (unpaired) electrons. The maximum absolute atomic E-state index is 15.0. The van der Waals surface area contributed by atoms with E-state index in [1.165, 1.54) is 19.4 Å². The number of hydrogen-bond donors (Lipinski definition) is 0. The highest BCUT2D eigenvalue weighted by Gasteiger charge is 2.25. The number of nitrogens with zero attached hydrogens (tertiary/aromatic N) is 2. The smallest absolute Gasteiger partial charge is 0.305 e. The summed E-state index contributed by atoms with van der Waals surface area (Å²) in [6.45, 7) is 0.833. The first-order valence-corrected chi connectivity index (χ1v) is 10.6. The highest BCUT2D eigenvalue weighted by molar-refractivity contribution is 5.69. The van der Waals surface area contributed by atoms with Crippen molar-refractivity contribution in [1.82, 2.24) is 4.98 Å². The lowest BCUT2D eigenvalue weighted by atomic mass is 9.95. The second kappa shape index (κ2) is 9.94. The first-order valence-electron chi connectivity index (χ1n) is 10.6. The summed E-state index contributed by atoms with van der Waals surface area (Å²) in [6, 6.07) is 13.4. The standard InChI is InChI=1S/C25H23F3N2O3/c1-32-23(31)8-6-16-5-7-18-15-30(11-9-17(18)12-16)21-14-19(13-20(24(21)26)25(27)28)33-22-4-2-3-10-29-22/h2-5,7,10,12-14,25H,6,8-9,11,15H2,1H3. The monoisotopic (exact) mass is 456 g/mol. The number of fused-ring (bicyclic) bond motifs is 1. The molecule has 0 bridgehead atoms. The minimum absolute atomic E-state index is 0.0687. The number of methoxy groups -OCH3 is 1. The summed E-state index contributed by atoms with van der Waals surface area (Å²) in [5, 5.41) is 0. The fourth-order valence-electron chi connectivity index (χ4n) is 3.90. The molecule has 33 heavy (non-hydrogen) atoms. The van der Waals surface area contributed by atoms with E-state index in [0.717, 1.165) is 22.8 Å². The molecule has 0 saturated carbocycles. The van der Waals surface area contributed by atoms with Crippen LogP contribution in [0.3, 0.4) is 0 Å². The molecule has 1 aliphatic rings. The van der Waals surface area contributed by atoms with Crippen LogP contribution in [0.4, 0.5) is 18.9 Å². The number of carbonyl (C=O) groups is 1. The average Bonchev–Trinajstić information content (AvgIpc) is 2.83. The summed E-state index contributed by atoms with van der Waals surface area (Å²) in [6.07, 6.45) is 0.0329. The lowest BCUT2D eigenvalue weighted by molar-refractivity contribution is -0.140. The lowest BCUT2D eigenvalue weighted by Crippen LogP contribution is -2.31. The van der Waals surface area contributed by atoms with E-state index in [1.807, 2.05) is 18.2 Å². The van der Waals surface area contributed by atoms with E-state index in [2.05, 4.69) is 9.72 Å². The predicted molar refractivity (Wildman–Crippen MR) is 117 cm³/mol. The molecule has 0 spiro atoms. The van der Waals surface area contributed by atoms with Crippen LogP contribution in [-0.2, 0) is 28.9 Å². The van der Waals surface area contributed by atoms with Crippen molar-refractivity contribution < 1.29 is 27.4 Å². The zero-order valence-electron chi connectivity index (χ0n) is 18.1. The fraction of sp³-hybridized carbons (Fsp3) is 0.280. The van der Waals surface area contributed by atoms with Crippen LogP contribution < -0.4 is 9.64 Å². The van der Waals surface area contributed by atoms with Crippen molar-refractivity contribution >= 4 is 11.7 Å². The Morgan fingerprint density at radius 2 is 2.00 bits per heavy atom. The van der Waals surface area contributed by atoms with Gasteiger partial charge in [0.2, 0.25) is 5.88 Å². The summed E-state index contributed by atoms with van der Waals surface area (Å²) in [4.78, 5) is 17.2. The van der Waals surface area contributed by atoms with Crippen LogP contribution in [0.1, 0.15) is 35.1 Å². The molecule has 2 heterocycles. The Bertz CT molecular complexity index is 1140. The second-order valence-electron chi connectivity index (χ2n) is 7.77. The van der Waals surface area contributed by atoms with Crippen LogP contribution in [0.5, 0.6) is 11.6 Å². The second-order valence-corrected chi connectivity index (χ2v) is 7.77. The maximum atomic E-state index is 15.0. The third-order valence-corrected chi connectivity index (χ3v) is 5.62. The van der Waals surface area contributed by atoms with Gasteiger partial charge in [-0.05, 0) is 41.7 Å². The molecule has 0 amide bonds. The van der Waals surface area contributed by atoms with Gasteiger partial charge in [-0.15, -0.1) is 0 Å². The molecule has 0 N–H and O–H groups in total. The number of esters is 1. The van der Waals surface area contributed by atoms with Gasteiger partial charge in [0.15, 0.2) is 5.82 Å². The van der Waals surface area contributed by atoms with Gasteiger partial charge in [-0.3, -0.25) is 4.79 Å². The van der Waals surface area contributed by atoms with E-state index >= 15 is 4.39 Å². The van der Waals surface area contributed by atoms with Gasteiger partial charge in [0.25, 0.3) is 6.43 Å². The van der Waals surface area contributed by atoms with Gasteiger partial charge in [-0.1, -0.05) is 24.3 Å². The largest absolute Gasteiger partial charge is 0.469 e. The number of aryl methyl sites for hydroxylation is 1. The number of benzene rings is 2. The minimum atomic E-state index is -2.98. The molecule has 172 valence electrons. The Morgan fingerprint density at radius 3 is 2.73 bits per heavy atom. The third kappa shape index (κ3) is 5.27. The molecule has 1 aliphatic heterocycles. The zero-order chi connectivity index (χ0) is 23.4. The van der Waals surface area contributed by atoms with E-state index in [9.17, 15) is 13.6 Å². The van der Waals surface area contributed by atoms with E-state index in [0.29, 0.717) is 32.4 Å². The maximum Gasteiger partial charge on any atom is 0.305 e. The van der Waals surface area contributed by atoms with Gasteiger partial charge in [-0.25, -0.2) is 18.2 Å². The van der Waals surface area contributed by atoms with Gasteiger partial charge in [0, 0.05) is 37.8 Å². The van der Waals surface area contributed by atoms with Gasteiger partial charge in [0.05, 0.1) is 18.4 Å². The van der Waals surface area contributed by atoms with Crippen molar-refractivity contribution in [3.63, 3.8) is 0 Å². The molecule has 4 rings (SSSR count). The van der Waals surface area contributed by atoms with Crippen LogP contribution in [-0.4, -0.2) is 24.6 Å². The van der Waals surface area contributed by atoms with E-state index in [4.69, 9.17) is 4.74 Å². The molecular formula is C25H23F3N2O3. The van der Waals surface area contributed by atoms with Crippen LogP contribution in [0.25, 0.3) is 0 Å². The van der Waals surface area contributed by atoms with Gasteiger partial charge < -0.3 is 14.4 Å². The quantitative estimate of drug-likeness (QED) is 0.432. The molecule has 3 aromatic rings. The topological polar surface area (TPSA) is 51.7 Å². The first kappa shape index (κ1) is 22.6. The van der Waals surface area contributed by atoms with Crippen LogP contribution in [0, 0.1) is 5.82 Å². The Balaban J connectivity index is 1.58. The fourth-order valence-corrected chi connectivity index (χ4v) is 3.90. The van der Waals surface area contributed by atoms with E-state index in [-0.39, 0.29) is 23.3 Å². The number of ether oxygens (including phenoxy) is 2.